The van der Waals surface area contributed by atoms with Gasteiger partial charge < -0.3 is 10.1 Å². The van der Waals surface area contributed by atoms with Crippen molar-refractivity contribution in [3.05, 3.63) is 35.8 Å². The minimum atomic E-state index is 0.0108. The summed E-state index contributed by atoms with van der Waals surface area (Å²) in [6.07, 6.45) is 3.27. The van der Waals surface area contributed by atoms with Crippen LogP contribution < -0.4 is 5.32 Å². The maximum absolute atomic E-state index is 11.9. The molecule has 0 radical (unpaired) electrons. The van der Waals surface area contributed by atoms with Crippen LogP contribution in [0.5, 0.6) is 0 Å². The van der Waals surface area contributed by atoms with Crippen LogP contribution in [-0.4, -0.2) is 24.1 Å². The summed E-state index contributed by atoms with van der Waals surface area (Å²) in [6.45, 7) is 1.46. The van der Waals surface area contributed by atoms with E-state index in [0.717, 1.165) is 17.9 Å². The molecule has 21 heavy (non-hydrogen) atoms. The first-order chi connectivity index (χ1) is 10.3. The lowest BCUT2D eigenvalue weighted by molar-refractivity contribution is -0.117. The summed E-state index contributed by atoms with van der Waals surface area (Å²) in [6, 6.07) is 7.93. The smallest absolute Gasteiger partial charge is 0.225 e. The Morgan fingerprint density at radius 2 is 2.43 bits per heavy atom. The van der Waals surface area contributed by atoms with Gasteiger partial charge in [-0.1, -0.05) is 17.8 Å². The molecule has 1 N–H and O–H groups in total. The van der Waals surface area contributed by atoms with Crippen LogP contribution in [0.2, 0.25) is 0 Å². The van der Waals surface area contributed by atoms with Crippen molar-refractivity contribution in [2.75, 3.05) is 18.5 Å². The Morgan fingerprint density at radius 3 is 3.10 bits per heavy atom. The number of nitrogens with one attached hydrogen (secondary N) is 1. The van der Waals surface area contributed by atoms with Crippen LogP contribution in [-0.2, 0) is 9.53 Å². The van der Waals surface area contributed by atoms with E-state index in [4.69, 9.17) is 4.74 Å². The Bertz CT molecular complexity index is 578. The SMILES string of the molecule is O=C(CC1CCOC1)Nc1ccc(Sc2cccs2)cn1. The van der Waals surface area contributed by atoms with Crippen molar-refractivity contribution in [1.29, 1.82) is 0 Å². The first kappa shape index (κ1) is 14.6. The van der Waals surface area contributed by atoms with Crippen LogP contribution in [0.4, 0.5) is 5.82 Å². The van der Waals surface area contributed by atoms with E-state index in [1.54, 1.807) is 29.3 Å². The fourth-order valence-corrected chi connectivity index (χ4v) is 3.87. The van der Waals surface area contributed by atoms with Gasteiger partial charge in [0.05, 0.1) is 4.21 Å². The quantitative estimate of drug-likeness (QED) is 0.913. The van der Waals surface area contributed by atoms with E-state index in [1.807, 2.05) is 18.2 Å². The Morgan fingerprint density at radius 1 is 1.48 bits per heavy atom. The van der Waals surface area contributed by atoms with Crippen molar-refractivity contribution in [3.63, 3.8) is 0 Å². The molecule has 2 aromatic heterocycles. The third-order valence-corrected chi connectivity index (χ3v) is 5.23. The van der Waals surface area contributed by atoms with Crippen molar-refractivity contribution < 1.29 is 9.53 Å². The number of ether oxygens (including phenoxy) is 1. The minimum absolute atomic E-state index is 0.0108. The number of aromatic nitrogens is 1. The second kappa shape index (κ2) is 7.06. The zero-order chi connectivity index (χ0) is 14.5. The molecular formula is C15H16N2O2S2. The van der Waals surface area contributed by atoms with E-state index in [2.05, 4.69) is 21.7 Å². The lowest BCUT2D eigenvalue weighted by atomic mass is 10.1. The molecule has 3 heterocycles. The molecule has 1 unspecified atom stereocenters. The third-order valence-electron chi connectivity index (χ3n) is 3.22. The zero-order valence-corrected chi connectivity index (χ0v) is 13.1. The Balaban J connectivity index is 1.52. The maximum atomic E-state index is 11.9. The lowest BCUT2D eigenvalue weighted by Crippen LogP contribution is -2.17. The summed E-state index contributed by atoms with van der Waals surface area (Å²) < 4.78 is 6.51. The molecule has 0 aliphatic carbocycles. The second-order valence-electron chi connectivity index (χ2n) is 4.90. The van der Waals surface area contributed by atoms with Gasteiger partial charge in [0.15, 0.2) is 0 Å². The molecule has 0 bridgehead atoms. The highest BCUT2D eigenvalue weighted by Gasteiger charge is 2.19. The molecule has 3 rings (SSSR count). The molecule has 6 heteroatoms. The highest BCUT2D eigenvalue weighted by Crippen LogP contribution is 2.31. The molecule has 110 valence electrons. The van der Waals surface area contributed by atoms with Crippen LogP contribution in [0, 0.1) is 5.92 Å². The number of thiophene rings is 1. The lowest BCUT2D eigenvalue weighted by Gasteiger charge is -2.08. The van der Waals surface area contributed by atoms with Gasteiger partial charge >= 0.3 is 0 Å². The van der Waals surface area contributed by atoms with Crippen LogP contribution >= 0.6 is 23.1 Å². The third kappa shape index (κ3) is 4.30. The number of hydrogen-bond donors (Lipinski definition) is 1. The molecule has 1 aliphatic heterocycles. The van der Waals surface area contributed by atoms with Crippen LogP contribution in [0.15, 0.2) is 44.9 Å². The van der Waals surface area contributed by atoms with E-state index in [9.17, 15) is 4.79 Å². The van der Waals surface area contributed by atoms with E-state index >= 15 is 0 Å². The molecule has 1 atom stereocenters. The molecule has 2 aromatic rings. The predicted molar refractivity (Wildman–Crippen MR) is 84.9 cm³/mol. The number of carbonyl (C=O) groups is 1. The first-order valence-corrected chi connectivity index (χ1v) is 8.54. The van der Waals surface area contributed by atoms with Crippen molar-refractivity contribution in [1.82, 2.24) is 4.98 Å². The summed E-state index contributed by atoms with van der Waals surface area (Å²) in [5, 5.41) is 4.90. The standard InChI is InChI=1S/C15H16N2O2S2/c18-14(8-11-5-6-19-10-11)17-13-4-3-12(9-16-13)21-15-2-1-7-20-15/h1-4,7,9,11H,5-6,8,10H2,(H,16,17,18). The summed E-state index contributed by atoms with van der Waals surface area (Å²) >= 11 is 3.38. The normalized spacial score (nSPS) is 17.8. The first-order valence-electron chi connectivity index (χ1n) is 6.84. The number of nitrogens with zero attached hydrogens (tertiary/aromatic N) is 1. The Kier molecular flexibility index (Phi) is 4.90. The largest absolute Gasteiger partial charge is 0.381 e. The second-order valence-corrected chi connectivity index (χ2v) is 7.22. The highest BCUT2D eigenvalue weighted by atomic mass is 32.2. The zero-order valence-electron chi connectivity index (χ0n) is 11.5. The Labute approximate surface area is 131 Å². The number of carbonyl (C=O) groups excluding carboxylic acids is 1. The Hall–Kier alpha value is -1.37. The van der Waals surface area contributed by atoms with Gasteiger partial charge in [-0.3, -0.25) is 4.79 Å². The van der Waals surface area contributed by atoms with Crippen LogP contribution in [0.3, 0.4) is 0 Å². The van der Waals surface area contributed by atoms with Gasteiger partial charge in [0.25, 0.3) is 0 Å². The van der Waals surface area contributed by atoms with E-state index in [1.165, 1.54) is 4.21 Å². The van der Waals surface area contributed by atoms with Crippen molar-refractivity contribution >= 4 is 34.8 Å². The number of pyridine rings is 1. The van der Waals surface area contributed by atoms with Gasteiger partial charge in [-0.15, -0.1) is 11.3 Å². The predicted octanol–water partition coefficient (Wildman–Crippen LogP) is 3.66. The van der Waals surface area contributed by atoms with Gasteiger partial charge in [0, 0.05) is 30.7 Å². The molecular weight excluding hydrogens is 304 g/mol. The van der Waals surface area contributed by atoms with Crippen LogP contribution in [0.1, 0.15) is 12.8 Å². The fraction of sp³-hybridized carbons (Fsp3) is 0.333. The van der Waals surface area contributed by atoms with E-state index in [0.29, 0.717) is 24.8 Å². The molecule has 4 nitrogen and oxygen atoms in total. The number of amides is 1. The number of hydrogen-bond acceptors (Lipinski definition) is 5. The fourth-order valence-electron chi connectivity index (χ4n) is 2.15. The molecule has 0 saturated carbocycles. The molecule has 1 fully saturated rings. The molecule has 1 saturated heterocycles. The van der Waals surface area contributed by atoms with Crippen LogP contribution in [0.25, 0.3) is 0 Å². The van der Waals surface area contributed by atoms with Gasteiger partial charge in [0.1, 0.15) is 5.82 Å². The summed E-state index contributed by atoms with van der Waals surface area (Å²) in [4.78, 5) is 17.3. The van der Waals surface area contributed by atoms with Crippen molar-refractivity contribution in [2.24, 2.45) is 5.92 Å². The summed E-state index contributed by atoms with van der Waals surface area (Å²) in [5.41, 5.74) is 0. The number of anilines is 1. The van der Waals surface area contributed by atoms with Gasteiger partial charge in [-0.2, -0.15) is 0 Å². The molecule has 1 aliphatic rings. The topological polar surface area (TPSA) is 51.2 Å². The summed E-state index contributed by atoms with van der Waals surface area (Å²) in [7, 11) is 0. The van der Waals surface area contributed by atoms with Gasteiger partial charge in [-0.05, 0) is 35.9 Å². The number of rotatable bonds is 5. The maximum Gasteiger partial charge on any atom is 0.225 e. The molecule has 1 amide bonds. The summed E-state index contributed by atoms with van der Waals surface area (Å²) in [5.74, 6) is 0.963. The van der Waals surface area contributed by atoms with Crippen molar-refractivity contribution in [3.8, 4) is 0 Å². The highest BCUT2D eigenvalue weighted by molar-refractivity contribution is 8.01. The van der Waals surface area contributed by atoms with Crippen molar-refractivity contribution in [2.45, 2.75) is 21.9 Å². The van der Waals surface area contributed by atoms with E-state index in [-0.39, 0.29) is 5.91 Å². The van der Waals surface area contributed by atoms with E-state index < -0.39 is 0 Å². The molecule has 0 spiro atoms. The average molecular weight is 320 g/mol. The van der Waals surface area contributed by atoms with Gasteiger partial charge in [0.2, 0.25) is 5.91 Å². The molecule has 0 aromatic carbocycles. The monoisotopic (exact) mass is 320 g/mol. The minimum Gasteiger partial charge on any atom is -0.381 e. The average Bonchev–Trinajstić information content (AvgIpc) is 3.14. The van der Waals surface area contributed by atoms with Gasteiger partial charge in [-0.25, -0.2) is 4.98 Å².